The molecule has 1 aliphatic rings. The zero-order valence-corrected chi connectivity index (χ0v) is 20.1. The van der Waals surface area contributed by atoms with E-state index in [4.69, 9.17) is 23.7 Å². The first-order valence-corrected chi connectivity index (χ1v) is 11.2. The summed E-state index contributed by atoms with van der Waals surface area (Å²) in [6.45, 7) is 6.68. The van der Waals surface area contributed by atoms with Crippen LogP contribution in [-0.2, 0) is 49.3 Å². The van der Waals surface area contributed by atoms with E-state index in [0.717, 1.165) is 12.0 Å². The standard InChI is InChI=1S/C25H32O9/c1-6-19-10-12-20(13-11-19)8-7-9-21-23(31-16(3)27)25(33-18(5)29)24(32-17(4)28)22(34-21)14-30-15(2)26/h7-8,10-13,21-25H,6,9,14H2,1-5H3. The molecule has 0 amide bonds. The topological polar surface area (TPSA) is 114 Å². The van der Waals surface area contributed by atoms with Gasteiger partial charge in [-0.05, 0) is 24.0 Å². The number of carbonyl (C=O) groups excluding carboxylic acids is 4. The van der Waals surface area contributed by atoms with Gasteiger partial charge in [0.1, 0.15) is 18.8 Å². The number of hydrogen-bond acceptors (Lipinski definition) is 9. The number of ether oxygens (including phenoxy) is 5. The number of benzene rings is 1. The highest BCUT2D eigenvalue weighted by Crippen LogP contribution is 2.31. The Kier molecular flexibility index (Phi) is 10.2. The van der Waals surface area contributed by atoms with Crippen molar-refractivity contribution >= 4 is 30.0 Å². The van der Waals surface area contributed by atoms with Crippen molar-refractivity contribution in [3.63, 3.8) is 0 Å². The second-order valence-corrected chi connectivity index (χ2v) is 7.97. The summed E-state index contributed by atoms with van der Waals surface area (Å²) in [5, 5.41) is 0. The monoisotopic (exact) mass is 476 g/mol. The van der Waals surface area contributed by atoms with Crippen molar-refractivity contribution in [3.05, 3.63) is 41.5 Å². The van der Waals surface area contributed by atoms with Gasteiger partial charge in [0, 0.05) is 27.7 Å². The van der Waals surface area contributed by atoms with Crippen LogP contribution in [0.25, 0.3) is 6.08 Å². The molecule has 1 aromatic rings. The number of aryl methyl sites for hydroxylation is 1. The molecule has 186 valence electrons. The Labute approximate surface area is 199 Å². The molecule has 0 aromatic heterocycles. The third-order valence-corrected chi connectivity index (χ3v) is 5.15. The van der Waals surface area contributed by atoms with Gasteiger partial charge in [-0.25, -0.2) is 0 Å². The van der Waals surface area contributed by atoms with Crippen molar-refractivity contribution in [3.8, 4) is 0 Å². The lowest BCUT2D eigenvalue weighted by atomic mass is 9.92. The summed E-state index contributed by atoms with van der Waals surface area (Å²) in [5.41, 5.74) is 2.19. The van der Waals surface area contributed by atoms with Crippen molar-refractivity contribution in [1.29, 1.82) is 0 Å². The highest BCUT2D eigenvalue weighted by atomic mass is 16.7. The lowest BCUT2D eigenvalue weighted by molar-refractivity contribution is -0.251. The van der Waals surface area contributed by atoms with Gasteiger partial charge in [0.05, 0.1) is 0 Å². The van der Waals surface area contributed by atoms with Crippen molar-refractivity contribution in [2.45, 2.75) is 78.0 Å². The van der Waals surface area contributed by atoms with E-state index in [-0.39, 0.29) is 13.0 Å². The molecule has 0 bridgehead atoms. The van der Waals surface area contributed by atoms with Gasteiger partial charge in [-0.3, -0.25) is 19.2 Å². The summed E-state index contributed by atoms with van der Waals surface area (Å²) in [4.78, 5) is 46.9. The van der Waals surface area contributed by atoms with Crippen LogP contribution in [0.15, 0.2) is 30.3 Å². The second kappa shape index (κ2) is 12.9. The van der Waals surface area contributed by atoms with Crippen molar-refractivity contribution < 1.29 is 42.9 Å². The zero-order chi connectivity index (χ0) is 25.3. The van der Waals surface area contributed by atoms with E-state index in [2.05, 4.69) is 6.92 Å². The average molecular weight is 477 g/mol. The van der Waals surface area contributed by atoms with Gasteiger partial charge in [-0.15, -0.1) is 0 Å². The normalized spacial score (nSPS) is 24.3. The Morgan fingerprint density at radius 3 is 1.82 bits per heavy atom. The molecule has 0 radical (unpaired) electrons. The minimum Gasteiger partial charge on any atom is -0.463 e. The van der Waals surface area contributed by atoms with Crippen LogP contribution in [0.2, 0.25) is 0 Å². The van der Waals surface area contributed by atoms with Crippen LogP contribution in [0.3, 0.4) is 0 Å². The SMILES string of the molecule is CCc1ccc(C=CCC2OC(COC(C)=O)C(OC(C)=O)C(OC(C)=O)C2OC(C)=O)cc1. The number of esters is 4. The fraction of sp³-hybridized carbons (Fsp3) is 0.520. The maximum Gasteiger partial charge on any atom is 0.303 e. The highest BCUT2D eigenvalue weighted by Gasteiger charge is 2.51. The molecule has 2 rings (SSSR count). The second-order valence-electron chi connectivity index (χ2n) is 7.97. The molecule has 0 N–H and O–H groups in total. The van der Waals surface area contributed by atoms with Gasteiger partial charge >= 0.3 is 23.9 Å². The molecule has 9 heteroatoms. The fourth-order valence-corrected chi connectivity index (χ4v) is 3.71. The maximum absolute atomic E-state index is 11.9. The molecule has 1 aromatic carbocycles. The summed E-state index contributed by atoms with van der Waals surface area (Å²) in [5.74, 6) is -2.48. The van der Waals surface area contributed by atoms with Crippen LogP contribution >= 0.6 is 0 Å². The molecular weight excluding hydrogens is 444 g/mol. The van der Waals surface area contributed by atoms with E-state index in [1.165, 1.54) is 33.3 Å². The summed E-state index contributed by atoms with van der Waals surface area (Å²) in [6, 6.07) is 8.05. The molecule has 1 aliphatic heterocycles. The van der Waals surface area contributed by atoms with Gasteiger partial charge < -0.3 is 23.7 Å². The van der Waals surface area contributed by atoms with Gasteiger partial charge in [0.15, 0.2) is 18.3 Å². The minimum atomic E-state index is -1.15. The maximum atomic E-state index is 11.9. The molecular formula is C25H32O9. The smallest absolute Gasteiger partial charge is 0.303 e. The quantitative estimate of drug-likeness (QED) is 0.392. The Bertz CT molecular complexity index is 890. The van der Waals surface area contributed by atoms with Crippen LogP contribution in [0, 0.1) is 0 Å². The van der Waals surface area contributed by atoms with Crippen LogP contribution in [0.1, 0.15) is 52.2 Å². The molecule has 1 fully saturated rings. The largest absolute Gasteiger partial charge is 0.463 e. The first-order chi connectivity index (χ1) is 16.1. The molecule has 0 aliphatic carbocycles. The first-order valence-electron chi connectivity index (χ1n) is 11.2. The van der Waals surface area contributed by atoms with E-state index in [1.54, 1.807) is 0 Å². The molecule has 5 atom stereocenters. The predicted octanol–water partition coefficient (Wildman–Crippen LogP) is 2.78. The van der Waals surface area contributed by atoms with Gasteiger partial charge in [-0.2, -0.15) is 0 Å². The summed E-state index contributed by atoms with van der Waals surface area (Å²) < 4.78 is 27.4. The Morgan fingerprint density at radius 2 is 1.32 bits per heavy atom. The molecule has 1 saturated heterocycles. The molecule has 9 nitrogen and oxygen atoms in total. The molecule has 5 unspecified atom stereocenters. The van der Waals surface area contributed by atoms with E-state index in [1.807, 2.05) is 36.4 Å². The third-order valence-electron chi connectivity index (χ3n) is 5.15. The highest BCUT2D eigenvalue weighted by molar-refractivity contribution is 5.68. The van der Waals surface area contributed by atoms with Crippen LogP contribution in [0.4, 0.5) is 0 Å². The Morgan fingerprint density at radius 1 is 0.794 bits per heavy atom. The third kappa shape index (κ3) is 8.30. The van der Waals surface area contributed by atoms with E-state index >= 15 is 0 Å². The van der Waals surface area contributed by atoms with Crippen molar-refractivity contribution in [2.24, 2.45) is 0 Å². The van der Waals surface area contributed by atoms with Crippen LogP contribution < -0.4 is 0 Å². The molecule has 1 heterocycles. The van der Waals surface area contributed by atoms with Crippen molar-refractivity contribution in [2.75, 3.05) is 6.61 Å². The molecule has 0 saturated carbocycles. The number of carbonyl (C=O) groups is 4. The Hall–Kier alpha value is -3.20. The first kappa shape index (κ1) is 27.0. The zero-order valence-electron chi connectivity index (χ0n) is 20.1. The predicted molar refractivity (Wildman–Crippen MR) is 121 cm³/mol. The van der Waals surface area contributed by atoms with Crippen molar-refractivity contribution in [1.82, 2.24) is 0 Å². The van der Waals surface area contributed by atoms with E-state index in [9.17, 15) is 19.2 Å². The van der Waals surface area contributed by atoms with Gasteiger partial charge in [-0.1, -0.05) is 43.3 Å². The van der Waals surface area contributed by atoms with Crippen LogP contribution in [-0.4, -0.2) is 61.0 Å². The average Bonchev–Trinajstić information content (AvgIpc) is 2.75. The van der Waals surface area contributed by atoms with Gasteiger partial charge in [0.25, 0.3) is 0 Å². The summed E-state index contributed by atoms with van der Waals surface area (Å²) >= 11 is 0. The number of hydrogen-bond donors (Lipinski definition) is 0. The van der Waals surface area contributed by atoms with E-state index < -0.39 is 54.4 Å². The van der Waals surface area contributed by atoms with E-state index in [0.29, 0.717) is 0 Å². The number of rotatable bonds is 9. The molecule has 0 spiro atoms. The summed E-state index contributed by atoms with van der Waals surface area (Å²) in [7, 11) is 0. The van der Waals surface area contributed by atoms with Gasteiger partial charge in [0.2, 0.25) is 0 Å². The lowest BCUT2D eigenvalue weighted by Gasteiger charge is -2.44. The Balaban J connectivity index is 2.34. The summed E-state index contributed by atoms with van der Waals surface area (Å²) in [6.07, 6.45) is -0.0721. The minimum absolute atomic E-state index is 0.240. The van der Waals surface area contributed by atoms with Crippen LogP contribution in [0.5, 0.6) is 0 Å². The molecule has 34 heavy (non-hydrogen) atoms. The lowest BCUT2D eigenvalue weighted by Crippen LogP contribution is -2.62. The fourth-order valence-electron chi connectivity index (χ4n) is 3.71.